The summed E-state index contributed by atoms with van der Waals surface area (Å²) in [7, 11) is 0. The van der Waals surface area contributed by atoms with Crippen LogP contribution in [0.2, 0.25) is 0 Å². The first-order chi connectivity index (χ1) is 9.19. The lowest BCUT2D eigenvalue weighted by Crippen LogP contribution is -2.14. The van der Waals surface area contributed by atoms with Crippen molar-refractivity contribution in [3.63, 3.8) is 0 Å². The number of carbonyl (C=O) groups is 1. The zero-order valence-electron chi connectivity index (χ0n) is 9.98. The van der Waals surface area contributed by atoms with Crippen molar-refractivity contribution in [3.8, 4) is 6.07 Å². The van der Waals surface area contributed by atoms with Crippen molar-refractivity contribution in [2.75, 3.05) is 5.73 Å². The third kappa shape index (κ3) is 3.29. The quantitative estimate of drug-likeness (QED) is 0.798. The number of esters is 1. The molecule has 2 heterocycles. The zero-order valence-corrected chi connectivity index (χ0v) is 9.98. The zero-order chi connectivity index (χ0) is 13.7. The van der Waals surface area contributed by atoms with E-state index in [-0.39, 0.29) is 18.8 Å². The molecule has 2 aromatic rings. The van der Waals surface area contributed by atoms with Gasteiger partial charge in [0.25, 0.3) is 0 Å². The third-order valence-corrected chi connectivity index (χ3v) is 2.33. The van der Waals surface area contributed by atoms with Crippen LogP contribution in [0.3, 0.4) is 0 Å². The number of nitrogens with zero attached hydrogens (tertiary/aromatic N) is 4. The molecule has 0 aliphatic rings. The normalized spacial score (nSPS) is 9.84. The van der Waals surface area contributed by atoms with E-state index in [1.807, 2.05) is 6.07 Å². The molecule has 0 bridgehead atoms. The summed E-state index contributed by atoms with van der Waals surface area (Å²) in [5.74, 6) is -0.462. The van der Waals surface area contributed by atoms with Crippen LogP contribution < -0.4 is 5.73 Å². The second-order valence-corrected chi connectivity index (χ2v) is 3.75. The first kappa shape index (κ1) is 12.6. The van der Waals surface area contributed by atoms with Crippen molar-refractivity contribution in [1.29, 1.82) is 5.26 Å². The summed E-state index contributed by atoms with van der Waals surface area (Å²) in [6.45, 7) is -0.0222. The van der Waals surface area contributed by atoms with Gasteiger partial charge in [-0.3, -0.25) is 9.48 Å². The first-order valence-corrected chi connectivity index (χ1v) is 5.46. The van der Waals surface area contributed by atoms with Gasteiger partial charge in [-0.25, -0.2) is 4.98 Å². The first-order valence-electron chi connectivity index (χ1n) is 5.46. The molecule has 96 valence electrons. The van der Waals surface area contributed by atoms with Gasteiger partial charge >= 0.3 is 5.97 Å². The van der Waals surface area contributed by atoms with Gasteiger partial charge in [0, 0.05) is 18.0 Å². The Hall–Kier alpha value is -2.88. The second kappa shape index (κ2) is 5.64. The van der Waals surface area contributed by atoms with E-state index in [9.17, 15) is 4.79 Å². The SMILES string of the molecule is N#Cc1ncccc1COC(=O)Cn1cc(N)cn1. The molecular weight excluding hydrogens is 246 g/mol. The molecule has 0 aliphatic heterocycles. The predicted molar refractivity (Wildman–Crippen MR) is 65.4 cm³/mol. The molecule has 0 amide bonds. The van der Waals surface area contributed by atoms with Crippen LogP contribution in [-0.4, -0.2) is 20.7 Å². The van der Waals surface area contributed by atoms with Crippen LogP contribution in [0.25, 0.3) is 0 Å². The molecule has 2 aromatic heterocycles. The monoisotopic (exact) mass is 257 g/mol. The number of hydrogen-bond acceptors (Lipinski definition) is 6. The Morgan fingerprint density at radius 3 is 3.11 bits per heavy atom. The minimum atomic E-state index is -0.462. The van der Waals surface area contributed by atoms with Gasteiger partial charge in [0.1, 0.15) is 24.9 Å². The standard InChI is InChI=1S/C12H11N5O2/c13-4-11-9(2-1-3-15-11)8-19-12(18)7-17-6-10(14)5-16-17/h1-3,5-6H,7-8,14H2. The molecule has 2 N–H and O–H groups in total. The Balaban J connectivity index is 1.92. The molecule has 0 fully saturated rings. The summed E-state index contributed by atoms with van der Waals surface area (Å²) in [5.41, 5.74) is 6.77. The molecule has 0 saturated carbocycles. The van der Waals surface area contributed by atoms with E-state index >= 15 is 0 Å². The highest BCUT2D eigenvalue weighted by Crippen LogP contribution is 2.06. The predicted octanol–water partition coefficient (Wildman–Crippen LogP) is 0.475. The molecule has 0 aliphatic carbocycles. The molecule has 7 nitrogen and oxygen atoms in total. The van der Waals surface area contributed by atoms with Gasteiger partial charge in [0.15, 0.2) is 0 Å². The van der Waals surface area contributed by atoms with Gasteiger partial charge in [-0.15, -0.1) is 0 Å². The minimum absolute atomic E-state index is 0.00627. The van der Waals surface area contributed by atoms with E-state index < -0.39 is 5.97 Å². The Bertz CT molecular complexity index is 629. The van der Waals surface area contributed by atoms with Gasteiger partial charge in [0.05, 0.1) is 11.9 Å². The average molecular weight is 257 g/mol. The number of nitrogens with two attached hydrogens (primary N) is 1. The van der Waals surface area contributed by atoms with Gasteiger partial charge < -0.3 is 10.5 Å². The molecule has 2 rings (SSSR count). The Morgan fingerprint density at radius 1 is 1.58 bits per heavy atom. The molecular formula is C12H11N5O2. The number of pyridine rings is 1. The fourth-order valence-corrected chi connectivity index (χ4v) is 1.46. The van der Waals surface area contributed by atoms with Crippen LogP contribution in [0.5, 0.6) is 0 Å². The van der Waals surface area contributed by atoms with Gasteiger partial charge in [-0.1, -0.05) is 6.07 Å². The van der Waals surface area contributed by atoms with Crippen molar-refractivity contribution >= 4 is 11.7 Å². The number of anilines is 1. The number of rotatable bonds is 4. The maximum absolute atomic E-state index is 11.6. The lowest BCUT2D eigenvalue weighted by Gasteiger charge is -2.05. The van der Waals surface area contributed by atoms with Gasteiger partial charge in [0.2, 0.25) is 0 Å². The lowest BCUT2D eigenvalue weighted by atomic mass is 10.2. The van der Waals surface area contributed by atoms with Gasteiger partial charge in [-0.05, 0) is 6.07 Å². The van der Waals surface area contributed by atoms with E-state index in [1.54, 1.807) is 12.1 Å². The highest BCUT2D eigenvalue weighted by molar-refractivity contribution is 5.69. The maximum Gasteiger partial charge on any atom is 0.328 e. The summed E-state index contributed by atoms with van der Waals surface area (Å²) in [6, 6.07) is 5.30. The highest BCUT2D eigenvalue weighted by Gasteiger charge is 2.08. The molecule has 0 unspecified atom stereocenters. The number of hydrogen-bond donors (Lipinski definition) is 1. The van der Waals surface area contributed by atoms with E-state index in [1.165, 1.54) is 23.3 Å². The van der Waals surface area contributed by atoms with Crippen LogP contribution in [0.15, 0.2) is 30.7 Å². The van der Waals surface area contributed by atoms with Crippen molar-refractivity contribution in [2.45, 2.75) is 13.2 Å². The lowest BCUT2D eigenvalue weighted by molar-refractivity contribution is -0.145. The van der Waals surface area contributed by atoms with Crippen molar-refractivity contribution in [3.05, 3.63) is 42.0 Å². The smallest absolute Gasteiger partial charge is 0.328 e. The number of nitriles is 1. The molecule has 0 spiro atoms. The Labute approximate surface area is 109 Å². The topological polar surface area (TPSA) is 107 Å². The maximum atomic E-state index is 11.6. The summed E-state index contributed by atoms with van der Waals surface area (Å²) in [4.78, 5) is 15.4. The van der Waals surface area contributed by atoms with Crippen LogP contribution >= 0.6 is 0 Å². The van der Waals surface area contributed by atoms with E-state index in [2.05, 4.69) is 10.1 Å². The number of aromatic nitrogens is 3. The van der Waals surface area contributed by atoms with Crippen molar-refractivity contribution in [2.24, 2.45) is 0 Å². The number of nitrogen functional groups attached to an aromatic ring is 1. The fraction of sp³-hybridized carbons (Fsp3) is 0.167. The third-order valence-electron chi connectivity index (χ3n) is 2.33. The van der Waals surface area contributed by atoms with E-state index in [4.69, 9.17) is 15.7 Å². The number of ether oxygens (including phenoxy) is 1. The van der Waals surface area contributed by atoms with E-state index in [0.29, 0.717) is 11.3 Å². The summed E-state index contributed by atoms with van der Waals surface area (Å²) >= 11 is 0. The minimum Gasteiger partial charge on any atom is -0.459 e. The molecule has 0 atom stereocenters. The summed E-state index contributed by atoms with van der Waals surface area (Å²) < 4.78 is 6.43. The Kier molecular flexibility index (Phi) is 3.73. The molecule has 19 heavy (non-hydrogen) atoms. The molecule has 0 aromatic carbocycles. The van der Waals surface area contributed by atoms with Crippen molar-refractivity contribution < 1.29 is 9.53 Å². The largest absolute Gasteiger partial charge is 0.459 e. The van der Waals surface area contributed by atoms with E-state index in [0.717, 1.165) is 0 Å². The molecule has 7 heteroatoms. The highest BCUT2D eigenvalue weighted by atomic mass is 16.5. The average Bonchev–Trinajstić information content (AvgIpc) is 2.82. The van der Waals surface area contributed by atoms with Crippen molar-refractivity contribution in [1.82, 2.24) is 14.8 Å². The summed E-state index contributed by atoms with van der Waals surface area (Å²) in [5, 5.41) is 12.7. The molecule has 0 radical (unpaired) electrons. The Morgan fingerprint density at radius 2 is 2.42 bits per heavy atom. The summed E-state index contributed by atoms with van der Waals surface area (Å²) in [6.07, 6.45) is 4.49. The van der Waals surface area contributed by atoms with Crippen LogP contribution in [0, 0.1) is 11.3 Å². The van der Waals surface area contributed by atoms with Crippen LogP contribution in [-0.2, 0) is 22.7 Å². The number of carbonyl (C=O) groups excluding carboxylic acids is 1. The van der Waals surface area contributed by atoms with Crippen LogP contribution in [0.1, 0.15) is 11.3 Å². The molecule has 0 saturated heterocycles. The van der Waals surface area contributed by atoms with Crippen LogP contribution in [0.4, 0.5) is 5.69 Å². The van der Waals surface area contributed by atoms with Gasteiger partial charge in [-0.2, -0.15) is 10.4 Å². The fourth-order valence-electron chi connectivity index (χ4n) is 1.46. The second-order valence-electron chi connectivity index (χ2n) is 3.75.